The van der Waals surface area contributed by atoms with Crippen LogP contribution < -0.4 is 10.9 Å². The maximum absolute atomic E-state index is 12.6. The zero-order valence-electron chi connectivity index (χ0n) is 16.3. The Morgan fingerprint density at radius 3 is 2.32 bits per heavy atom. The van der Waals surface area contributed by atoms with Gasteiger partial charge in [-0.05, 0) is 36.4 Å². The van der Waals surface area contributed by atoms with Crippen LogP contribution in [0, 0.1) is 0 Å². The predicted octanol–water partition coefficient (Wildman–Crippen LogP) is 4.03. The van der Waals surface area contributed by atoms with E-state index in [2.05, 4.69) is 20.6 Å². The van der Waals surface area contributed by atoms with Crippen molar-refractivity contribution in [2.75, 3.05) is 5.32 Å². The van der Waals surface area contributed by atoms with Crippen LogP contribution in [-0.4, -0.2) is 25.9 Å². The summed E-state index contributed by atoms with van der Waals surface area (Å²) in [7, 11) is 0. The van der Waals surface area contributed by atoms with E-state index in [0.717, 1.165) is 16.6 Å². The highest BCUT2D eigenvalue weighted by Crippen LogP contribution is 2.25. The van der Waals surface area contributed by atoms with Crippen LogP contribution in [-0.2, 0) is 0 Å². The molecule has 2 aromatic heterocycles. The Bertz CT molecular complexity index is 1440. The molecule has 5 rings (SSSR count). The molecule has 0 radical (unpaired) electrons. The van der Waals surface area contributed by atoms with E-state index in [1.165, 1.54) is 0 Å². The number of aromatic amines is 1. The van der Waals surface area contributed by atoms with E-state index in [1.807, 2.05) is 60.7 Å². The minimum atomic E-state index is -0.296. The molecule has 0 fully saturated rings. The fourth-order valence-electron chi connectivity index (χ4n) is 3.41. The number of carbonyl (C=O) groups excluding carboxylic acids is 1. The van der Waals surface area contributed by atoms with Crippen LogP contribution in [0.4, 0.5) is 5.69 Å². The molecule has 1 amide bonds. The number of rotatable bonds is 4. The van der Waals surface area contributed by atoms with Crippen LogP contribution in [0.5, 0.6) is 0 Å². The van der Waals surface area contributed by atoms with Crippen molar-refractivity contribution in [1.82, 2.24) is 20.0 Å². The van der Waals surface area contributed by atoms with Gasteiger partial charge in [-0.1, -0.05) is 48.5 Å². The fourth-order valence-corrected chi connectivity index (χ4v) is 3.41. The lowest BCUT2D eigenvalue weighted by atomic mass is 10.0. The lowest BCUT2D eigenvalue weighted by Gasteiger charge is -2.07. The van der Waals surface area contributed by atoms with Gasteiger partial charge in [0.05, 0.1) is 16.8 Å². The average molecular weight is 407 g/mol. The van der Waals surface area contributed by atoms with Gasteiger partial charge < -0.3 is 5.32 Å². The number of nitrogens with zero attached hydrogens (tertiary/aromatic N) is 3. The van der Waals surface area contributed by atoms with Gasteiger partial charge in [0.25, 0.3) is 11.5 Å². The molecule has 0 aliphatic carbocycles. The number of benzene rings is 3. The Hall–Kier alpha value is -4.52. The van der Waals surface area contributed by atoms with Gasteiger partial charge in [0.15, 0.2) is 5.69 Å². The van der Waals surface area contributed by atoms with E-state index < -0.39 is 0 Å². The number of fused-ring (bicyclic) bond motifs is 1. The van der Waals surface area contributed by atoms with Crippen LogP contribution in [0.15, 0.2) is 95.9 Å². The molecular weight excluding hydrogens is 390 g/mol. The molecule has 0 bridgehead atoms. The summed E-state index contributed by atoms with van der Waals surface area (Å²) in [4.78, 5) is 24.6. The molecule has 2 heterocycles. The first-order valence-electron chi connectivity index (χ1n) is 9.69. The Morgan fingerprint density at radius 2 is 1.55 bits per heavy atom. The Labute approximate surface area is 177 Å². The number of aromatic nitrogens is 4. The molecule has 0 saturated carbocycles. The number of hydrogen-bond donors (Lipinski definition) is 2. The number of nitrogens with one attached hydrogen (secondary N) is 2. The van der Waals surface area contributed by atoms with Crippen molar-refractivity contribution in [1.29, 1.82) is 0 Å². The summed E-state index contributed by atoms with van der Waals surface area (Å²) in [6.45, 7) is 0. The topological polar surface area (TPSA) is 92.7 Å². The number of para-hydroxylation sites is 1. The minimum absolute atomic E-state index is 0.224. The summed E-state index contributed by atoms with van der Waals surface area (Å²) in [6.07, 6.45) is 1.75. The molecular formula is C24H17N5O2. The fraction of sp³-hybridized carbons (Fsp3) is 0. The van der Waals surface area contributed by atoms with Crippen molar-refractivity contribution in [3.05, 3.63) is 107 Å². The third kappa shape index (κ3) is 3.60. The zero-order valence-corrected chi connectivity index (χ0v) is 16.3. The number of carbonyl (C=O) groups is 1. The van der Waals surface area contributed by atoms with Crippen LogP contribution in [0.25, 0.3) is 27.7 Å². The largest absolute Gasteiger partial charge is 0.321 e. The van der Waals surface area contributed by atoms with Crippen molar-refractivity contribution in [2.24, 2.45) is 0 Å². The van der Waals surface area contributed by atoms with E-state index in [1.54, 1.807) is 35.1 Å². The average Bonchev–Trinajstić information content (AvgIpc) is 3.32. The van der Waals surface area contributed by atoms with Gasteiger partial charge in [-0.2, -0.15) is 10.2 Å². The van der Waals surface area contributed by atoms with Gasteiger partial charge in [-0.25, -0.2) is 9.78 Å². The zero-order chi connectivity index (χ0) is 21.2. The standard InChI is InChI=1S/C24H17N5O2/c30-23-20-9-5-4-8-19(20)22(26-27-23)16-10-12-17(13-11-16)25-24(31)21-14-15-29(28-21)18-6-2-1-3-7-18/h1-15H,(H,25,31)(H,27,30). The van der Waals surface area contributed by atoms with Crippen molar-refractivity contribution in [3.63, 3.8) is 0 Å². The Balaban J connectivity index is 1.37. The van der Waals surface area contributed by atoms with Crippen molar-refractivity contribution in [2.45, 2.75) is 0 Å². The second-order valence-electron chi connectivity index (χ2n) is 6.96. The van der Waals surface area contributed by atoms with E-state index in [-0.39, 0.29) is 11.5 Å². The predicted molar refractivity (Wildman–Crippen MR) is 119 cm³/mol. The molecule has 7 heteroatoms. The first kappa shape index (κ1) is 18.5. The van der Waals surface area contributed by atoms with E-state index in [4.69, 9.17) is 0 Å². The third-order valence-electron chi connectivity index (χ3n) is 4.95. The van der Waals surface area contributed by atoms with Crippen LogP contribution in [0.1, 0.15) is 10.5 Å². The summed E-state index contributed by atoms with van der Waals surface area (Å²) in [5, 5.41) is 15.3. The summed E-state index contributed by atoms with van der Waals surface area (Å²) in [5.41, 5.74) is 3.12. The summed E-state index contributed by atoms with van der Waals surface area (Å²) < 4.78 is 1.66. The summed E-state index contributed by atoms with van der Waals surface area (Å²) >= 11 is 0. The molecule has 31 heavy (non-hydrogen) atoms. The molecule has 0 atom stereocenters. The van der Waals surface area contributed by atoms with E-state index in [0.29, 0.717) is 22.5 Å². The highest BCUT2D eigenvalue weighted by atomic mass is 16.2. The highest BCUT2D eigenvalue weighted by Gasteiger charge is 2.12. The first-order valence-corrected chi connectivity index (χ1v) is 9.69. The maximum Gasteiger partial charge on any atom is 0.276 e. The van der Waals surface area contributed by atoms with E-state index in [9.17, 15) is 9.59 Å². The second-order valence-corrected chi connectivity index (χ2v) is 6.96. The van der Waals surface area contributed by atoms with Gasteiger partial charge in [0.2, 0.25) is 0 Å². The first-order chi connectivity index (χ1) is 15.2. The van der Waals surface area contributed by atoms with Gasteiger partial charge in [0, 0.05) is 22.8 Å². The molecule has 0 spiro atoms. The minimum Gasteiger partial charge on any atom is -0.321 e. The molecule has 3 aromatic carbocycles. The van der Waals surface area contributed by atoms with Crippen molar-refractivity contribution >= 4 is 22.4 Å². The maximum atomic E-state index is 12.6. The highest BCUT2D eigenvalue weighted by molar-refractivity contribution is 6.03. The number of amides is 1. The van der Waals surface area contributed by atoms with Gasteiger partial charge >= 0.3 is 0 Å². The molecule has 0 aliphatic heterocycles. The number of hydrogen-bond acceptors (Lipinski definition) is 4. The normalized spacial score (nSPS) is 10.8. The lowest BCUT2D eigenvalue weighted by molar-refractivity contribution is 0.102. The third-order valence-corrected chi connectivity index (χ3v) is 4.95. The second kappa shape index (κ2) is 7.72. The van der Waals surface area contributed by atoms with Gasteiger partial charge in [-0.15, -0.1) is 0 Å². The van der Waals surface area contributed by atoms with Crippen LogP contribution in [0.2, 0.25) is 0 Å². The van der Waals surface area contributed by atoms with Gasteiger partial charge in [0.1, 0.15) is 0 Å². The lowest BCUT2D eigenvalue weighted by Crippen LogP contribution is -2.13. The molecule has 2 N–H and O–H groups in total. The molecule has 5 aromatic rings. The SMILES string of the molecule is O=C(Nc1ccc(-c2n[nH]c(=O)c3ccccc23)cc1)c1ccn(-c2ccccc2)n1. The summed E-state index contributed by atoms with van der Waals surface area (Å²) in [6, 6.07) is 25.9. The van der Waals surface area contributed by atoms with Crippen LogP contribution >= 0.6 is 0 Å². The molecule has 0 saturated heterocycles. The summed E-state index contributed by atoms with van der Waals surface area (Å²) in [5.74, 6) is -0.296. The van der Waals surface area contributed by atoms with Crippen molar-refractivity contribution < 1.29 is 4.79 Å². The number of anilines is 1. The van der Waals surface area contributed by atoms with Crippen molar-refractivity contribution in [3.8, 4) is 16.9 Å². The van der Waals surface area contributed by atoms with E-state index >= 15 is 0 Å². The molecule has 0 aliphatic rings. The Kier molecular flexibility index (Phi) is 4.61. The smallest absolute Gasteiger partial charge is 0.276 e. The van der Waals surface area contributed by atoms with Gasteiger partial charge in [-0.3, -0.25) is 9.59 Å². The number of H-pyrrole nitrogens is 1. The molecule has 0 unspecified atom stereocenters. The van der Waals surface area contributed by atoms with Crippen LogP contribution in [0.3, 0.4) is 0 Å². The quantitative estimate of drug-likeness (QED) is 0.470. The molecule has 150 valence electrons. The molecule has 7 nitrogen and oxygen atoms in total. The Morgan fingerprint density at radius 1 is 0.839 bits per heavy atom. The monoisotopic (exact) mass is 407 g/mol.